The van der Waals surface area contributed by atoms with Gasteiger partial charge in [-0.25, -0.2) is 9.98 Å². The molecule has 0 unspecified atom stereocenters. The van der Waals surface area contributed by atoms with E-state index in [-0.39, 0.29) is 0 Å². The molecule has 0 radical (unpaired) electrons. The maximum Gasteiger partial charge on any atom is 0.213 e. The van der Waals surface area contributed by atoms with Gasteiger partial charge in [-0.1, -0.05) is 30.3 Å². The molecular weight excluding hydrogens is 368 g/mol. The number of aliphatic imine (C=N–C) groups is 1. The normalized spacial score (nSPS) is 11.0. The molecule has 0 aliphatic carbocycles. The zero-order chi connectivity index (χ0) is 20.5. The Hall–Kier alpha value is -3.74. The summed E-state index contributed by atoms with van der Waals surface area (Å²) in [6, 6.07) is 19.1. The van der Waals surface area contributed by atoms with Gasteiger partial charge in [0.05, 0.1) is 20.8 Å². The number of hydrogen-bond acceptors (Lipinski definition) is 5. The first-order chi connectivity index (χ1) is 14.2. The van der Waals surface area contributed by atoms with Gasteiger partial charge in [0.15, 0.2) is 17.5 Å². The minimum atomic E-state index is 0.292. The molecule has 0 spiro atoms. The quantitative estimate of drug-likeness (QED) is 0.450. The minimum Gasteiger partial charge on any atom is -0.493 e. The third-order valence-electron chi connectivity index (χ3n) is 4.12. The predicted octanol–water partition coefficient (Wildman–Crippen LogP) is 3.60. The Kier molecular flexibility index (Phi) is 6.89. The van der Waals surface area contributed by atoms with Crippen LogP contribution in [-0.4, -0.2) is 25.2 Å². The number of aromatic nitrogens is 1. The molecule has 0 saturated heterocycles. The van der Waals surface area contributed by atoms with Gasteiger partial charge < -0.3 is 25.3 Å². The molecular formula is C22H24N4O3. The van der Waals surface area contributed by atoms with Crippen molar-refractivity contribution in [3.63, 3.8) is 0 Å². The predicted molar refractivity (Wildman–Crippen MR) is 114 cm³/mol. The number of nitrogens with zero attached hydrogens (tertiary/aromatic N) is 2. The van der Waals surface area contributed by atoms with Gasteiger partial charge in [0.25, 0.3) is 0 Å². The van der Waals surface area contributed by atoms with Gasteiger partial charge in [-0.3, -0.25) is 0 Å². The average Bonchev–Trinajstić information content (AvgIpc) is 2.77. The van der Waals surface area contributed by atoms with Crippen LogP contribution in [0.1, 0.15) is 11.1 Å². The number of hydrogen-bond donors (Lipinski definition) is 2. The van der Waals surface area contributed by atoms with Gasteiger partial charge in [-0.2, -0.15) is 0 Å². The van der Waals surface area contributed by atoms with E-state index in [1.54, 1.807) is 32.5 Å². The molecule has 7 heteroatoms. The lowest BCUT2D eigenvalue weighted by Gasteiger charge is -2.11. The Balaban J connectivity index is 1.59. The number of benzene rings is 2. The molecule has 0 saturated carbocycles. The third kappa shape index (κ3) is 5.87. The summed E-state index contributed by atoms with van der Waals surface area (Å²) in [6.07, 6.45) is 1.70. The smallest absolute Gasteiger partial charge is 0.213 e. The van der Waals surface area contributed by atoms with Crippen LogP contribution in [-0.2, 0) is 13.2 Å². The summed E-state index contributed by atoms with van der Waals surface area (Å²) in [7, 11) is 3.17. The van der Waals surface area contributed by atoms with Crippen LogP contribution in [0, 0.1) is 0 Å². The van der Waals surface area contributed by atoms with E-state index in [4.69, 9.17) is 19.9 Å². The highest BCUT2D eigenvalue weighted by atomic mass is 16.5. The van der Waals surface area contributed by atoms with Crippen LogP contribution < -0.4 is 25.3 Å². The second kappa shape index (κ2) is 9.98. The highest BCUT2D eigenvalue weighted by Gasteiger charge is 2.05. The van der Waals surface area contributed by atoms with Crippen molar-refractivity contribution < 1.29 is 14.2 Å². The molecule has 0 amide bonds. The molecule has 0 bridgehead atoms. The van der Waals surface area contributed by atoms with Gasteiger partial charge in [0.1, 0.15) is 6.61 Å². The fourth-order valence-electron chi connectivity index (χ4n) is 2.64. The number of methoxy groups -OCH3 is 2. The summed E-state index contributed by atoms with van der Waals surface area (Å²) in [6.45, 7) is 0.861. The van der Waals surface area contributed by atoms with Crippen LogP contribution in [0.25, 0.3) is 0 Å². The molecule has 0 atom stereocenters. The second-order valence-electron chi connectivity index (χ2n) is 6.17. The van der Waals surface area contributed by atoms with E-state index >= 15 is 0 Å². The lowest BCUT2D eigenvalue weighted by Crippen LogP contribution is -2.22. The molecule has 3 rings (SSSR count). The summed E-state index contributed by atoms with van der Waals surface area (Å²) < 4.78 is 16.3. The van der Waals surface area contributed by atoms with Gasteiger partial charge in [-0.05, 0) is 29.3 Å². The lowest BCUT2D eigenvalue weighted by molar-refractivity contribution is 0.293. The molecule has 1 aromatic heterocycles. The fourth-order valence-corrected chi connectivity index (χ4v) is 2.64. The van der Waals surface area contributed by atoms with Gasteiger partial charge in [-0.15, -0.1) is 0 Å². The summed E-state index contributed by atoms with van der Waals surface area (Å²) in [5.74, 6) is 2.10. The van der Waals surface area contributed by atoms with E-state index in [1.165, 1.54) is 0 Å². The molecule has 3 N–H and O–H groups in total. The van der Waals surface area contributed by atoms with Crippen molar-refractivity contribution in [2.24, 2.45) is 10.7 Å². The first-order valence-corrected chi connectivity index (χ1v) is 9.08. The Morgan fingerprint density at radius 2 is 1.76 bits per heavy atom. The van der Waals surface area contributed by atoms with Crippen molar-refractivity contribution in [3.8, 4) is 17.4 Å². The Bertz CT molecular complexity index is 961. The number of nitrogens with two attached hydrogens (primary N) is 1. The zero-order valence-corrected chi connectivity index (χ0v) is 16.5. The molecule has 0 aliphatic heterocycles. The van der Waals surface area contributed by atoms with Crippen molar-refractivity contribution in [1.82, 2.24) is 4.98 Å². The molecule has 0 aliphatic rings. The summed E-state index contributed by atoms with van der Waals surface area (Å²) in [5.41, 5.74) is 8.79. The number of pyridine rings is 1. The van der Waals surface area contributed by atoms with Crippen LogP contribution >= 0.6 is 0 Å². The van der Waals surface area contributed by atoms with Gasteiger partial charge in [0.2, 0.25) is 5.88 Å². The molecule has 0 fully saturated rings. The van der Waals surface area contributed by atoms with Crippen LogP contribution in [0.5, 0.6) is 17.4 Å². The first-order valence-electron chi connectivity index (χ1n) is 9.08. The molecule has 1 heterocycles. The summed E-state index contributed by atoms with van der Waals surface area (Å²) >= 11 is 0. The SMILES string of the molecule is COc1ccc(NC(N)=NCc2ccnc(OCc3ccccc3)c2)cc1OC. The maximum absolute atomic E-state index is 6.01. The monoisotopic (exact) mass is 392 g/mol. The molecule has 29 heavy (non-hydrogen) atoms. The highest BCUT2D eigenvalue weighted by Crippen LogP contribution is 2.29. The Morgan fingerprint density at radius 3 is 2.52 bits per heavy atom. The fraction of sp³-hybridized carbons (Fsp3) is 0.182. The number of anilines is 1. The third-order valence-corrected chi connectivity index (χ3v) is 4.12. The minimum absolute atomic E-state index is 0.292. The van der Waals surface area contributed by atoms with Crippen LogP contribution in [0.3, 0.4) is 0 Å². The Labute approximate surface area is 170 Å². The lowest BCUT2D eigenvalue weighted by atomic mass is 10.2. The van der Waals surface area contributed by atoms with E-state index in [0.717, 1.165) is 16.8 Å². The second-order valence-corrected chi connectivity index (χ2v) is 6.17. The highest BCUT2D eigenvalue weighted by molar-refractivity contribution is 5.92. The van der Waals surface area contributed by atoms with Crippen molar-refractivity contribution >= 4 is 11.6 Å². The van der Waals surface area contributed by atoms with Crippen molar-refractivity contribution in [2.75, 3.05) is 19.5 Å². The van der Waals surface area contributed by atoms with E-state index in [2.05, 4.69) is 15.3 Å². The van der Waals surface area contributed by atoms with Crippen molar-refractivity contribution in [3.05, 3.63) is 78.0 Å². The Morgan fingerprint density at radius 1 is 0.966 bits per heavy atom. The topological polar surface area (TPSA) is 91.0 Å². The summed E-state index contributed by atoms with van der Waals surface area (Å²) in [5, 5.41) is 3.04. The van der Waals surface area contributed by atoms with E-state index in [1.807, 2.05) is 48.5 Å². The van der Waals surface area contributed by atoms with Gasteiger partial charge in [0, 0.05) is 24.0 Å². The number of guanidine groups is 1. The molecule has 3 aromatic rings. The number of rotatable bonds is 8. The van der Waals surface area contributed by atoms with Crippen LogP contribution in [0.2, 0.25) is 0 Å². The number of nitrogens with one attached hydrogen (secondary N) is 1. The van der Waals surface area contributed by atoms with E-state index < -0.39 is 0 Å². The maximum atomic E-state index is 6.01. The average molecular weight is 392 g/mol. The van der Waals surface area contributed by atoms with Crippen molar-refractivity contribution in [1.29, 1.82) is 0 Å². The van der Waals surface area contributed by atoms with Gasteiger partial charge >= 0.3 is 0 Å². The van der Waals surface area contributed by atoms with Crippen LogP contribution in [0.15, 0.2) is 71.9 Å². The summed E-state index contributed by atoms with van der Waals surface area (Å²) in [4.78, 5) is 8.62. The first kappa shape index (κ1) is 20.0. The molecule has 7 nitrogen and oxygen atoms in total. The molecule has 150 valence electrons. The number of ether oxygens (including phenoxy) is 3. The van der Waals surface area contributed by atoms with E-state index in [0.29, 0.717) is 36.5 Å². The zero-order valence-electron chi connectivity index (χ0n) is 16.5. The van der Waals surface area contributed by atoms with Crippen molar-refractivity contribution in [2.45, 2.75) is 13.2 Å². The largest absolute Gasteiger partial charge is 0.493 e. The van der Waals surface area contributed by atoms with E-state index in [9.17, 15) is 0 Å². The standard InChI is InChI=1S/C22H24N4O3/c1-27-19-9-8-18(13-20(19)28-2)26-22(23)25-14-17-10-11-24-21(12-17)29-15-16-6-4-3-5-7-16/h3-13H,14-15H2,1-2H3,(H3,23,25,26). The molecule has 2 aromatic carbocycles. The van der Waals surface area contributed by atoms with Crippen LogP contribution in [0.4, 0.5) is 5.69 Å².